The minimum Gasteiger partial charge on any atom is -0.250 e. The molecular weight excluding hydrogens is 211 g/mol. The molecule has 0 bridgehead atoms. The summed E-state index contributed by atoms with van der Waals surface area (Å²) in [5, 5.41) is 0.361. The maximum absolute atomic E-state index is 12.2. The fourth-order valence-electron chi connectivity index (χ4n) is 0.809. The first kappa shape index (κ1) is 11.1. The molecule has 0 fully saturated rings. The Hall–Kier alpha value is -0.970. The zero-order valence-electron chi connectivity index (χ0n) is 7.21. The Kier molecular flexibility index (Phi) is 3.57. The highest BCUT2D eigenvalue weighted by atomic mass is 32.2. The van der Waals surface area contributed by atoms with Crippen LogP contribution in [0, 0.1) is 0 Å². The normalized spacial score (nSPS) is 11.4. The summed E-state index contributed by atoms with van der Waals surface area (Å²) in [6, 6.07) is 1.99. The Morgan fingerprint density at radius 3 is 2.79 bits per heavy atom. The molecule has 1 nitrogen and oxygen atoms in total. The average Bonchev–Trinajstić information content (AvgIpc) is 2.14. The van der Waals surface area contributed by atoms with Gasteiger partial charge >= 0.3 is 6.18 Å². The molecule has 0 saturated carbocycles. The third kappa shape index (κ3) is 3.06. The minimum atomic E-state index is -4.30. The molecule has 76 valence electrons. The number of thioether (sulfide) groups is 1. The second-order valence-electron chi connectivity index (χ2n) is 2.48. The van der Waals surface area contributed by atoms with Crippen LogP contribution in [0.2, 0.25) is 0 Å². The van der Waals surface area contributed by atoms with E-state index in [0.29, 0.717) is 10.8 Å². The van der Waals surface area contributed by atoms with Crippen LogP contribution in [-0.4, -0.2) is 10.7 Å². The van der Waals surface area contributed by atoms with E-state index in [4.69, 9.17) is 0 Å². The molecule has 0 aliphatic carbocycles. The Labute approximate surface area is 84.0 Å². The molecule has 0 aliphatic rings. The first-order valence-electron chi connectivity index (χ1n) is 3.81. The maximum atomic E-state index is 12.2. The molecule has 0 spiro atoms. The lowest BCUT2D eigenvalue weighted by Crippen LogP contribution is -2.05. The Bertz CT molecular complexity index is 322. The SMILES string of the molecule is C=CCSc1cc(C(F)(F)F)ccn1. The number of halogens is 3. The van der Waals surface area contributed by atoms with Crippen LogP contribution < -0.4 is 0 Å². The summed E-state index contributed by atoms with van der Waals surface area (Å²) in [5.41, 5.74) is -0.668. The van der Waals surface area contributed by atoms with E-state index in [9.17, 15) is 13.2 Å². The number of alkyl halides is 3. The fraction of sp³-hybridized carbons (Fsp3) is 0.222. The zero-order valence-corrected chi connectivity index (χ0v) is 8.03. The highest BCUT2D eigenvalue weighted by Gasteiger charge is 2.30. The molecule has 0 aromatic carbocycles. The number of aromatic nitrogens is 1. The molecule has 1 aromatic heterocycles. The lowest BCUT2D eigenvalue weighted by Gasteiger charge is -2.06. The van der Waals surface area contributed by atoms with E-state index in [1.807, 2.05) is 0 Å². The molecule has 0 unspecified atom stereocenters. The summed E-state index contributed by atoms with van der Waals surface area (Å²) in [7, 11) is 0. The smallest absolute Gasteiger partial charge is 0.250 e. The molecule has 0 radical (unpaired) electrons. The van der Waals surface area contributed by atoms with E-state index >= 15 is 0 Å². The number of rotatable bonds is 3. The molecule has 1 heterocycles. The van der Waals surface area contributed by atoms with Crippen LogP contribution >= 0.6 is 11.8 Å². The van der Waals surface area contributed by atoms with E-state index in [1.165, 1.54) is 11.8 Å². The predicted molar refractivity (Wildman–Crippen MR) is 50.2 cm³/mol. The zero-order chi connectivity index (χ0) is 10.6. The van der Waals surface area contributed by atoms with Crippen LogP contribution in [0.4, 0.5) is 13.2 Å². The second-order valence-corrected chi connectivity index (χ2v) is 3.52. The number of pyridine rings is 1. The third-order valence-electron chi connectivity index (χ3n) is 1.41. The Morgan fingerprint density at radius 1 is 1.50 bits per heavy atom. The first-order valence-corrected chi connectivity index (χ1v) is 4.79. The van der Waals surface area contributed by atoms with Gasteiger partial charge in [0, 0.05) is 11.9 Å². The van der Waals surface area contributed by atoms with Gasteiger partial charge in [0.05, 0.1) is 10.6 Å². The van der Waals surface area contributed by atoms with Gasteiger partial charge in [-0.3, -0.25) is 0 Å². The molecule has 14 heavy (non-hydrogen) atoms. The summed E-state index contributed by atoms with van der Waals surface area (Å²) < 4.78 is 36.7. The predicted octanol–water partition coefficient (Wildman–Crippen LogP) is 3.38. The van der Waals surface area contributed by atoms with Gasteiger partial charge in [-0.1, -0.05) is 6.08 Å². The molecule has 0 aliphatic heterocycles. The van der Waals surface area contributed by atoms with Crippen LogP contribution in [0.25, 0.3) is 0 Å². The van der Waals surface area contributed by atoms with Crippen molar-refractivity contribution in [2.45, 2.75) is 11.2 Å². The van der Waals surface area contributed by atoms with E-state index in [0.717, 1.165) is 18.3 Å². The van der Waals surface area contributed by atoms with Gasteiger partial charge in [0.1, 0.15) is 0 Å². The van der Waals surface area contributed by atoms with Crippen LogP contribution in [0.15, 0.2) is 36.0 Å². The van der Waals surface area contributed by atoms with Crippen molar-refractivity contribution in [3.8, 4) is 0 Å². The first-order chi connectivity index (χ1) is 6.54. The quantitative estimate of drug-likeness (QED) is 0.571. The molecule has 1 rings (SSSR count). The lowest BCUT2D eigenvalue weighted by atomic mass is 10.3. The van der Waals surface area contributed by atoms with Crippen molar-refractivity contribution in [3.63, 3.8) is 0 Å². The standard InChI is InChI=1S/C9H8F3NS/c1-2-5-14-8-6-7(3-4-13-8)9(10,11)12/h2-4,6H,1,5H2. The largest absolute Gasteiger partial charge is 0.416 e. The van der Waals surface area contributed by atoms with Gasteiger partial charge in [-0.2, -0.15) is 13.2 Å². The molecule has 0 saturated heterocycles. The third-order valence-corrected chi connectivity index (χ3v) is 2.33. The van der Waals surface area contributed by atoms with E-state index < -0.39 is 11.7 Å². The molecule has 0 atom stereocenters. The Morgan fingerprint density at radius 2 is 2.21 bits per heavy atom. The second kappa shape index (κ2) is 4.50. The molecule has 0 amide bonds. The maximum Gasteiger partial charge on any atom is 0.416 e. The van der Waals surface area contributed by atoms with E-state index in [-0.39, 0.29) is 0 Å². The van der Waals surface area contributed by atoms with Gasteiger partial charge in [-0.05, 0) is 12.1 Å². The minimum absolute atomic E-state index is 0.361. The van der Waals surface area contributed by atoms with Crippen molar-refractivity contribution < 1.29 is 13.2 Å². The van der Waals surface area contributed by atoms with Gasteiger partial charge in [0.2, 0.25) is 0 Å². The van der Waals surface area contributed by atoms with Crippen molar-refractivity contribution in [3.05, 3.63) is 36.5 Å². The summed E-state index contributed by atoms with van der Waals surface area (Å²) in [5.74, 6) is 0.550. The average molecular weight is 219 g/mol. The summed E-state index contributed by atoms with van der Waals surface area (Å²) in [4.78, 5) is 3.81. The molecule has 1 aromatic rings. The topological polar surface area (TPSA) is 12.9 Å². The van der Waals surface area contributed by atoms with Crippen LogP contribution in [0.1, 0.15) is 5.56 Å². The number of nitrogens with zero attached hydrogens (tertiary/aromatic N) is 1. The van der Waals surface area contributed by atoms with Gasteiger partial charge in [0.15, 0.2) is 0 Å². The van der Waals surface area contributed by atoms with Crippen molar-refractivity contribution in [2.75, 3.05) is 5.75 Å². The highest BCUT2D eigenvalue weighted by molar-refractivity contribution is 7.99. The lowest BCUT2D eigenvalue weighted by molar-refractivity contribution is -0.137. The van der Waals surface area contributed by atoms with E-state index in [1.54, 1.807) is 6.08 Å². The van der Waals surface area contributed by atoms with Crippen molar-refractivity contribution in [1.82, 2.24) is 4.98 Å². The van der Waals surface area contributed by atoms with Crippen molar-refractivity contribution in [2.24, 2.45) is 0 Å². The summed E-state index contributed by atoms with van der Waals surface area (Å²) in [6.07, 6.45) is -1.52. The van der Waals surface area contributed by atoms with Crippen molar-refractivity contribution in [1.29, 1.82) is 0 Å². The van der Waals surface area contributed by atoms with Crippen LogP contribution in [0.3, 0.4) is 0 Å². The van der Waals surface area contributed by atoms with Crippen LogP contribution in [-0.2, 0) is 6.18 Å². The van der Waals surface area contributed by atoms with Crippen molar-refractivity contribution >= 4 is 11.8 Å². The van der Waals surface area contributed by atoms with Gasteiger partial charge in [-0.15, -0.1) is 18.3 Å². The van der Waals surface area contributed by atoms with Gasteiger partial charge in [-0.25, -0.2) is 4.98 Å². The van der Waals surface area contributed by atoms with Gasteiger partial charge < -0.3 is 0 Å². The van der Waals surface area contributed by atoms with Crippen LogP contribution in [0.5, 0.6) is 0 Å². The summed E-state index contributed by atoms with van der Waals surface area (Å²) in [6.45, 7) is 3.48. The monoisotopic (exact) mass is 219 g/mol. The molecular formula is C9H8F3NS. The highest BCUT2D eigenvalue weighted by Crippen LogP contribution is 2.30. The van der Waals surface area contributed by atoms with Gasteiger partial charge in [0.25, 0.3) is 0 Å². The molecule has 0 N–H and O–H groups in total. The van der Waals surface area contributed by atoms with E-state index in [2.05, 4.69) is 11.6 Å². The number of hydrogen-bond donors (Lipinski definition) is 0. The molecule has 5 heteroatoms. The Balaban J connectivity index is 2.84. The summed E-state index contributed by atoms with van der Waals surface area (Å²) >= 11 is 1.22. The number of hydrogen-bond acceptors (Lipinski definition) is 2. The fourth-order valence-corrected chi connectivity index (χ4v) is 1.44.